The molecule has 1 saturated heterocycles. The van der Waals surface area contributed by atoms with Crippen LogP contribution < -0.4 is 4.72 Å². The minimum Gasteiger partial charge on any atom is -0.336 e. The van der Waals surface area contributed by atoms with Gasteiger partial charge in [-0.2, -0.15) is 0 Å². The number of amides is 1. The SMILES string of the molecule is Cc1ccc(S(=O)(=O)Nc2cccc(C(=O)N3CCCC[C@H]3C)c2)cc1F. The molecule has 1 atom stereocenters. The lowest BCUT2D eigenvalue weighted by Crippen LogP contribution is -2.42. The smallest absolute Gasteiger partial charge is 0.261 e. The molecule has 1 heterocycles. The number of nitrogens with zero attached hydrogens (tertiary/aromatic N) is 1. The summed E-state index contributed by atoms with van der Waals surface area (Å²) in [5, 5.41) is 0. The summed E-state index contributed by atoms with van der Waals surface area (Å²) in [5.41, 5.74) is 1.07. The minimum absolute atomic E-state index is 0.107. The lowest BCUT2D eigenvalue weighted by Gasteiger charge is -2.33. The summed E-state index contributed by atoms with van der Waals surface area (Å²) >= 11 is 0. The van der Waals surface area contributed by atoms with Gasteiger partial charge in [0.25, 0.3) is 15.9 Å². The molecular formula is C20H23FN2O3S. The first-order chi connectivity index (χ1) is 12.8. The van der Waals surface area contributed by atoms with E-state index in [9.17, 15) is 17.6 Å². The van der Waals surface area contributed by atoms with Crippen LogP contribution in [0.25, 0.3) is 0 Å². The van der Waals surface area contributed by atoms with Crippen molar-refractivity contribution in [1.82, 2.24) is 4.90 Å². The summed E-state index contributed by atoms with van der Waals surface area (Å²) in [6, 6.07) is 10.3. The Morgan fingerprint density at radius 1 is 1.19 bits per heavy atom. The van der Waals surface area contributed by atoms with E-state index in [1.54, 1.807) is 25.1 Å². The van der Waals surface area contributed by atoms with Crippen molar-refractivity contribution in [2.45, 2.75) is 44.0 Å². The number of hydrogen-bond acceptors (Lipinski definition) is 3. The molecule has 2 aromatic carbocycles. The Labute approximate surface area is 159 Å². The quantitative estimate of drug-likeness (QED) is 0.860. The number of nitrogens with one attached hydrogen (secondary N) is 1. The number of carbonyl (C=O) groups excluding carboxylic acids is 1. The van der Waals surface area contributed by atoms with Crippen LogP contribution in [0.2, 0.25) is 0 Å². The Bertz CT molecular complexity index is 959. The highest BCUT2D eigenvalue weighted by Crippen LogP contribution is 2.22. The molecule has 144 valence electrons. The predicted molar refractivity (Wildman–Crippen MR) is 103 cm³/mol. The van der Waals surface area contributed by atoms with E-state index in [2.05, 4.69) is 4.72 Å². The molecule has 7 heteroatoms. The molecule has 0 spiro atoms. The van der Waals surface area contributed by atoms with Crippen molar-refractivity contribution < 1.29 is 17.6 Å². The first kappa shape index (κ1) is 19.4. The van der Waals surface area contributed by atoms with E-state index < -0.39 is 15.8 Å². The zero-order valence-corrected chi connectivity index (χ0v) is 16.2. The van der Waals surface area contributed by atoms with Crippen molar-refractivity contribution >= 4 is 21.6 Å². The number of sulfonamides is 1. The van der Waals surface area contributed by atoms with Gasteiger partial charge in [-0.3, -0.25) is 9.52 Å². The van der Waals surface area contributed by atoms with Crippen molar-refractivity contribution in [3.05, 3.63) is 59.4 Å². The van der Waals surface area contributed by atoms with E-state index in [0.29, 0.717) is 17.7 Å². The summed E-state index contributed by atoms with van der Waals surface area (Å²) in [5.74, 6) is -0.689. The van der Waals surface area contributed by atoms with Crippen molar-refractivity contribution in [3.63, 3.8) is 0 Å². The van der Waals surface area contributed by atoms with Gasteiger partial charge in [0.2, 0.25) is 0 Å². The van der Waals surface area contributed by atoms with Gasteiger partial charge in [-0.15, -0.1) is 0 Å². The topological polar surface area (TPSA) is 66.5 Å². The Morgan fingerprint density at radius 3 is 2.67 bits per heavy atom. The molecule has 1 fully saturated rings. The van der Waals surface area contributed by atoms with E-state index in [-0.39, 0.29) is 22.5 Å². The van der Waals surface area contributed by atoms with Gasteiger partial charge in [0.05, 0.1) is 4.90 Å². The minimum atomic E-state index is -3.95. The molecule has 1 N–H and O–H groups in total. The Kier molecular flexibility index (Phi) is 5.51. The fourth-order valence-corrected chi connectivity index (χ4v) is 4.30. The van der Waals surface area contributed by atoms with Crippen molar-refractivity contribution in [1.29, 1.82) is 0 Å². The van der Waals surface area contributed by atoms with Gasteiger partial charge in [0, 0.05) is 23.8 Å². The van der Waals surface area contributed by atoms with Gasteiger partial charge in [-0.05, 0) is 69.0 Å². The maximum Gasteiger partial charge on any atom is 0.261 e. The highest BCUT2D eigenvalue weighted by atomic mass is 32.2. The van der Waals surface area contributed by atoms with E-state index in [1.165, 1.54) is 18.2 Å². The van der Waals surface area contributed by atoms with E-state index in [1.807, 2.05) is 11.8 Å². The van der Waals surface area contributed by atoms with Crippen LogP contribution in [0.5, 0.6) is 0 Å². The molecule has 3 rings (SSSR count). The first-order valence-electron chi connectivity index (χ1n) is 8.98. The fraction of sp³-hybridized carbons (Fsp3) is 0.350. The average Bonchev–Trinajstić information content (AvgIpc) is 2.63. The molecule has 0 aromatic heterocycles. The molecule has 2 aromatic rings. The second kappa shape index (κ2) is 7.68. The number of piperidine rings is 1. The molecule has 1 amide bonds. The molecule has 27 heavy (non-hydrogen) atoms. The molecule has 0 bridgehead atoms. The molecule has 0 aliphatic carbocycles. The van der Waals surface area contributed by atoms with Gasteiger partial charge in [0.15, 0.2) is 0 Å². The molecule has 0 radical (unpaired) electrons. The van der Waals surface area contributed by atoms with E-state index in [4.69, 9.17) is 0 Å². The lowest BCUT2D eigenvalue weighted by molar-refractivity contribution is 0.0635. The third-order valence-electron chi connectivity index (χ3n) is 4.88. The maximum absolute atomic E-state index is 13.7. The van der Waals surface area contributed by atoms with Gasteiger partial charge < -0.3 is 4.90 Å². The normalized spacial score (nSPS) is 17.6. The third kappa shape index (κ3) is 4.30. The van der Waals surface area contributed by atoms with Crippen LogP contribution in [0.15, 0.2) is 47.4 Å². The van der Waals surface area contributed by atoms with Crippen LogP contribution in [-0.4, -0.2) is 31.8 Å². The van der Waals surface area contributed by atoms with E-state index >= 15 is 0 Å². The molecule has 0 saturated carbocycles. The van der Waals surface area contributed by atoms with Gasteiger partial charge in [-0.25, -0.2) is 12.8 Å². The van der Waals surface area contributed by atoms with Crippen molar-refractivity contribution in [2.75, 3.05) is 11.3 Å². The Balaban J connectivity index is 1.83. The highest BCUT2D eigenvalue weighted by Gasteiger charge is 2.24. The Hall–Kier alpha value is -2.41. The first-order valence-corrected chi connectivity index (χ1v) is 10.5. The van der Waals surface area contributed by atoms with Crippen LogP contribution in [0.1, 0.15) is 42.1 Å². The zero-order valence-electron chi connectivity index (χ0n) is 15.4. The van der Waals surface area contributed by atoms with Gasteiger partial charge >= 0.3 is 0 Å². The largest absolute Gasteiger partial charge is 0.336 e. The summed E-state index contributed by atoms with van der Waals surface area (Å²) in [7, 11) is -3.95. The molecule has 5 nitrogen and oxygen atoms in total. The molecule has 0 unspecified atom stereocenters. The average molecular weight is 390 g/mol. The monoisotopic (exact) mass is 390 g/mol. The molecular weight excluding hydrogens is 367 g/mol. The van der Waals surface area contributed by atoms with Crippen molar-refractivity contribution in [2.24, 2.45) is 0 Å². The second-order valence-corrected chi connectivity index (χ2v) is 8.62. The number of hydrogen-bond donors (Lipinski definition) is 1. The maximum atomic E-state index is 13.7. The second-order valence-electron chi connectivity index (χ2n) is 6.94. The van der Waals surface area contributed by atoms with Crippen LogP contribution in [-0.2, 0) is 10.0 Å². The predicted octanol–water partition coefficient (Wildman–Crippen LogP) is 3.95. The third-order valence-corrected chi connectivity index (χ3v) is 6.26. The van der Waals surface area contributed by atoms with Crippen LogP contribution in [0.3, 0.4) is 0 Å². The number of halogens is 1. The summed E-state index contributed by atoms with van der Waals surface area (Å²) < 4.78 is 41.2. The van der Waals surface area contributed by atoms with Gasteiger partial charge in [0.1, 0.15) is 5.82 Å². The number of anilines is 1. The number of carbonyl (C=O) groups is 1. The number of aryl methyl sites for hydroxylation is 1. The summed E-state index contributed by atoms with van der Waals surface area (Å²) in [6.07, 6.45) is 3.05. The number of benzene rings is 2. The highest BCUT2D eigenvalue weighted by molar-refractivity contribution is 7.92. The zero-order chi connectivity index (χ0) is 19.6. The molecule has 1 aliphatic heterocycles. The van der Waals surface area contributed by atoms with Crippen molar-refractivity contribution in [3.8, 4) is 0 Å². The molecule has 1 aliphatic rings. The Morgan fingerprint density at radius 2 is 1.96 bits per heavy atom. The lowest BCUT2D eigenvalue weighted by atomic mass is 10.0. The summed E-state index contributed by atoms with van der Waals surface area (Å²) in [6.45, 7) is 4.30. The van der Waals surface area contributed by atoms with E-state index in [0.717, 1.165) is 25.3 Å². The van der Waals surface area contributed by atoms with Crippen LogP contribution in [0.4, 0.5) is 10.1 Å². The summed E-state index contributed by atoms with van der Waals surface area (Å²) in [4.78, 5) is 14.4. The van der Waals surface area contributed by atoms with Crippen LogP contribution >= 0.6 is 0 Å². The number of rotatable bonds is 4. The van der Waals surface area contributed by atoms with Gasteiger partial charge in [-0.1, -0.05) is 12.1 Å². The van der Waals surface area contributed by atoms with Crippen LogP contribution in [0, 0.1) is 12.7 Å². The number of likely N-dealkylation sites (tertiary alicyclic amines) is 1. The standard InChI is InChI=1S/C20H23FN2O3S/c1-14-9-10-18(13-19(14)21)27(25,26)22-17-8-5-7-16(12-17)20(24)23-11-4-3-6-15(23)2/h5,7-10,12-13,15,22H,3-4,6,11H2,1-2H3/t15-/m1/s1. The fourth-order valence-electron chi connectivity index (χ4n) is 3.24.